The number of aromatic nitrogens is 1. The van der Waals surface area contributed by atoms with Crippen LogP contribution in [0, 0.1) is 19.3 Å². The second kappa shape index (κ2) is 1.71. The normalized spacial score (nSPS) is 8.50. The van der Waals surface area contributed by atoms with Crippen molar-refractivity contribution in [3.63, 3.8) is 0 Å². The van der Waals surface area contributed by atoms with Crippen molar-refractivity contribution in [2.75, 3.05) is 0 Å². The molecule has 0 aliphatic carbocycles. The molecule has 0 bridgehead atoms. The Morgan fingerprint density at radius 3 is 2.88 bits per heavy atom. The Kier molecular flexibility index (Phi) is 1.05. The van der Waals surface area contributed by atoms with Crippen LogP contribution in [-0.2, 0) is 0 Å². The molecule has 1 heterocycles. The molecule has 0 spiro atoms. The average Bonchev–Trinajstić information content (AvgIpc) is 2.14. The molecular weight excluding hydrogens is 102 g/mol. The van der Waals surface area contributed by atoms with Crippen LogP contribution in [0.5, 0.6) is 0 Å². The zero-order valence-corrected chi connectivity index (χ0v) is 4.51. The minimum Gasteiger partial charge on any atom is -0.435 e. The smallest absolute Gasteiger partial charge is 0.199 e. The highest BCUT2D eigenvalue weighted by atomic mass is 16.3. The lowest BCUT2D eigenvalue weighted by Crippen LogP contribution is -1.71. The van der Waals surface area contributed by atoms with E-state index >= 15 is 0 Å². The Bertz CT molecular complexity index is 219. The molecule has 0 unspecified atom stereocenters. The summed E-state index contributed by atoms with van der Waals surface area (Å²) in [6.07, 6.45) is 6.35. The molecule has 0 saturated carbocycles. The third kappa shape index (κ3) is 0.584. The number of aryl methyl sites for hydroxylation is 1. The van der Waals surface area contributed by atoms with Crippen molar-refractivity contribution in [3.05, 3.63) is 17.8 Å². The van der Waals surface area contributed by atoms with Gasteiger partial charge in [0, 0.05) is 0 Å². The first-order valence-electron chi connectivity index (χ1n) is 2.21. The predicted molar refractivity (Wildman–Crippen MR) is 29.2 cm³/mol. The molecule has 2 nitrogen and oxygen atoms in total. The third-order valence-corrected chi connectivity index (χ3v) is 0.877. The number of terminal acetylenes is 1. The molecule has 2 heteroatoms. The van der Waals surface area contributed by atoms with E-state index in [1.54, 1.807) is 6.92 Å². The Hall–Kier alpha value is -1.23. The van der Waals surface area contributed by atoms with Gasteiger partial charge < -0.3 is 4.42 Å². The SMILES string of the molecule is C#Cc1ocnc1C. The summed E-state index contributed by atoms with van der Waals surface area (Å²) in [5, 5.41) is 0. The van der Waals surface area contributed by atoms with E-state index < -0.39 is 0 Å². The fraction of sp³-hybridized carbons (Fsp3) is 0.167. The van der Waals surface area contributed by atoms with E-state index in [1.807, 2.05) is 0 Å². The topological polar surface area (TPSA) is 26.0 Å². The molecule has 40 valence electrons. The van der Waals surface area contributed by atoms with Crippen LogP contribution in [0.4, 0.5) is 0 Å². The van der Waals surface area contributed by atoms with Gasteiger partial charge in [-0.25, -0.2) is 4.98 Å². The summed E-state index contributed by atoms with van der Waals surface area (Å²) in [7, 11) is 0. The quantitative estimate of drug-likeness (QED) is 0.461. The minimum atomic E-state index is 0.519. The average molecular weight is 107 g/mol. The van der Waals surface area contributed by atoms with Gasteiger partial charge in [-0.2, -0.15) is 0 Å². The van der Waals surface area contributed by atoms with E-state index in [1.165, 1.54) is 6.39 Å². The van der Waals surface area contributed by atoms with Crippen molar-refractivity contribution >= 4 is 0 Å². The minimum absolute atomic E-state index is 0.519. The van der Waals surface area contributed by atoms with Gasteiger partial charge in [-0.3, -0.25) is 0 Å². The maximum absolute atomic E-state index is 5.01. The maximum atomic E-state index is 5.01. The Morgan fingerprint density at radius 2 is 2.62 bits per heavy atom. The highest BCUT2D eigenvalue weighted by Crippen LogP contribution is 2.00. The maximum Gasteiger partial charge on any atom is 0.199 e. The summed E-state index contributed by atoms with van der Waals surface area (Å²) >= 11 is 0. The molecule has 0 aromatic carbocycles. The second-order valence-electron chi connectivity index (χ2n) is 1.41. The van der Waals surface area contributed by atoms with Gasteiger partial charge in [0.1, 0.15) is 0 Å². The van der Waals surface area contributed by atoms with Crippen molar-refractivity contribution < 1.29 is 4.42 Å². The van der Waals surface area contributed by atoms with Crippen molar-refractivity contribution in [3.8, 4) is 12.3 Å². The standard InChI is InChI=1S/C6H5NO/c1-3-6-5(2)7-4-8-6/h1,4H,2H3. The van der Waals surface area contributed by atoms with Gasteiger partial charge in [-0.05, 0) is 12.8 Å². The fourth-order valence-electron chi connectivity index (χ4n) is 0.440. The van der Waals surface area contributed by atoms with Gasteiger partial charge in [0.2, 0.25) is 0 Å². The Labute approximate surface area is 47.5 Å². The highest BCUT2D eigenvalue weighted by Gasteiger charge is 1.94. The molecule has 0 N–H and O–H groups in total. The van der Waals surface area contributed by atoms with Crippen LogP contribution >= 0.6 is 0 Å². The molecule has 0 aliphatic rings. The van der Waals surface area contributed by atoms with E-state index in [0.29, 0.717) is 5.76 Å². The molecule has 0 amide bonds. The lowest BCUT2D eigenvalue weighted by atomic mass is 10.4. The van der Waals surface area contributed by atoms with Crippen LogP contribution in [0.25, 0.3) is 0 Å². The van der Waals surface area contributed by atoms with Gasteiger partial charge in [0.15, 0.2) is 12.2 Å². The van der Waals surface area contributed by atoms with Crippen molar-refractivity contribution in [2.45, 2.75) is 6.92 Å². The van der Waals surface area contributed by atoms with Crippen LogP contribution in [0.15, 0.2) is 10.8 Å². The summed E-state index contributed by atoms with van der Waals surface area (Å²) in [5.41, 5.74) is 0.771. The summed E-state index contributed by atoms with van der Waals surface area (Å²) in [4.78, 5) is 3.78. The summed E-state index contributed by atoms with van der Waals surface area (Å²) in [6, 6.07) is 0. The Morgan fingerprint density at radius 1 is 1.88 bits per heavy atom. The van der Waals surface area contributed by atoms with Crippen molar-refractivity contribution in [1.29, 1.82) is 0 Å². The molecular formula is C6H5NO. The summed E-state index contributed by atoms with van der Waals surface area (Å²) in [6.45, 7) is 1.80. The number of rotatable bonds is 0. The van der Waals surface area contributed by atoms with E-state index in [4.69, 9.17) is 10.8 Å². The van der Waals surface area contributed by atoms with E-state index in [-0.39, 0.29) is 0 Å². The van der Waals surface area contributed by atoms with Crippen LogP contribution in [0.3, 0.4) is 0 Å². The largest absolute Gasteiger partial charge is 0.435 e. The molecule has 1 aromatic heterocycles. The van der Waals surface area contributed by atoms with Crippen LogP contribution < -0.4 is 0 Å². The van der Waals surface area contributed by atoms with Gasteiger partial charge >= 0.3 is 0 Å². The summed E-state index contributed by atoms with van der Waals surface area (Å²) in [5.74, 6) is 2.86. The zero-order valence-electron chi connectivity index (χ0n) is 4.51. The van der Waals surface area contributed by atoms with Crippen LogP contribution in [0.2, 0.25) is 0 Å². The van der Waals surface area contributed by atoms with E-state index in [0.717, 1.165) is 5.69 Å². The summed E-state index contributed by atoms with van der Waals surface area (Å²) < 4.78 is 4.77. The molecule has 0 aliphatic heterocycles. The molecule has 1 rings (SSSR count). The van der Waals surface area contributed by atoms with Crippen LogP contribution in [-0.4, -0.2) is 4.98 Å². The molecule has 0 radical (unpaired) electrons. The third-order valence-electron chi connectivity index (χ3n) is 0.877. The van der Waals surface area contributed by atoms with Crippen molar-refractivity contribution in [2.24, 2.45) is 0 Å². The predicted octanol–water partition coefficient (Wildman–Crippen LogP) is 0.964. The highest BCUT2D eigenvalue weighted by molar-refractivity contribution is 5.24. The van der Waals surface area contributed by atoms with E-state index in [2.05, 4.69) is 10.9 Å². The number of oxazole rings is 1. The molecule has 0 saturated heterocycles. The second-order valence-corrected chi connectivity index (χ2v) is 1.41. The Balaban J connectivity index is 3.15. The number of hydrogen-bond donors (Lipinski definition) is 0. The van der Waals surface area contributed by atoms with Gasteiger partial charge in [0.25, 0.3) is 0 Å². The number of nitrogens with zero attached hydrogens (tertiary/aromatic N) is 1. The van der Waals surface area contributed by atoms with Crippen molar-refractivity contribution in [1.82, 2.24) is 4.98 Å². The first kappa shape index (κ1) is 4.92. The molecule has 0 fully saturated rings. The zero-order chi connectivity index (χ0) is 5.98. The monoisotopic (exact) mass is 107 g/mol. The van der Waals surface area contributed by atoms with Gasteiger partial charge in [-0.1, -0.05) is 0 Å². The first-order valence-corrected chi connectivity index (χ1v) is 2.21. The molecule has 8 heavy (non-hydrogen) atoms. The van der Waals surface area contributed by atoms with Crippen LogP contribution in [0.1, 0.15) is 11.5 Å². The van der Waals surface area contributed by atoms with Gasteiger partial charge in [-0.15, -0.1) is 6.42 Å². The lowest BCUT2D eigenvalue weighted by Gasteiger charge is -1.76. The van der Waals surface area contributed by atoms with E-state index in [9.17, 15) is 0 Å². The molecule has 1 aromatic rings. The first-order chi connectivity index (χ1) is 3.84. The number of hydrogen-bond acceptors (Lipinski definition) is 2. The van der Waals surface area contributed by atoms with Gasteiger partial charge in [0.05, 0.1) is 5.69 Å². The fourth-order valence-corrected chi connectivity index (χ4v) is 0.440. The molecule has 0 atom stereocenters. The lowest BCUT2D eigenvalue weighted by molar-refractivity contribution is 0.545.